The van der Waals surface area contributed by atoms with Gasteiger partial charge in [-0.1, -0.05) is 18.2 Å². The van der Waals surface area contributed by atoms with Crippen LogP contribution < -0.4 is 15.0 Å². The molecule has 0 atom stereocenters. The fraction of sp³-hybridized carbons (Fsp3) is 0.0455. The fourth-order valence-corrected chi connectivity index (χ4v) is 3.49. The Morgan fingerprint density at radius 1 is 0.786 bits per heavy atom. The van der Waals surface area contributed by atoms with Gasteiger partial charge in [-0.05, 0) is 55.0 Å². The van der Waals surface area contributed by atoms with Crippen LogP contribution in [-0.2, 0) is 0 Å². The standard InChI is InChI=1S/C22H14N2O4/c1-12-6-8-19-17(10-12)23-20(25)16-11-13(7-9-18(16)28-19)24-21(26)14-4-2-3-5-15(14)22(24)27/h2-11H,1H3,(H,23,25). The maximum absolute atomic E-state index is 12.7. The normalized spacial score (nSPS) is 14.6. The van der Waals surface area contributed by atoms with Gasteiger partial charge in [-0.2, -0.15) is 0 Å². The van der Waals surface area contributed by atoms with Gasteiger partial charge in [0.2, 0.25) is 0 Å². The van der Waals surface area contributed by atoms with Crippen LogP contribution in [0.25, 0.3) is 0 Å². The summed E-state index contributed by atoms with van der Waals surface area (Å²) in [5, 5.41) is 2.82. The van der Waals surface area contributed by atoms with E-state index in [0.717, 1.165) is 10.5 Å². The zero-order valence-corrected chi connectivity index (χ0v) is 14.9. The lowest BCUT2D eigenvalue weighted by molar-refractivity contribution is 0.0924. The van der Waals surface area contributed by atoms with E-state index in [1.165, 1.54) is 6.07 Å². The zero-order chi connectivity index (χ0) is 19.4. The van der Waals surface area contributed by atoms with Gasteiger partial charge in [-0.3, -0.25) is 14.4 Å². The number of hydrogen-bond donors (Lipinski definition) is 1. The lowest BCUT2D eigenvalue weighted by atomic mass is 10.1. The van der Waals surface area contributed by atoms with Crippen molar-refractivity contribution in [3.8, 4) is 11.5 Å². The Balaban J connectivity index is 1.57. The third kappa shape index (κ3) is 2.31. The second-order valence-electron chi connectivity index (χ2n) is 6.73. The number of anilines is 2. The van der Waals surface area contributed by atoms with Gasteiger partial charge in [0.1, 0.15) is 5.75 Å². The van der Waals surface area contributed by atoms with Crippen LogP contribution >= 0.6 is 0 Å². The Morgan fingerprint density at radius 2 is 1.46 bits per heavy atom. The van der Waals surface area contributed by atoms with Crippen molar-refractivity contribution in [3.05, 3.63) is 82.9 Å². The molecule has 0 bridgehead atoms. The van der Waals surface area contributed by atoms with E-state index >= 15 is 0 Å². The summed E-state index contributed by atoms with van der Waals surface area (Å²) in [5.74, 6) is -0.284. The summed E-state index contributed by atoms with van der Waals surface area (Å²) in [6.45, 7) is 1.92. The Labute approximate surface area is 160 Å². The molecule has 0 aliphatic carbocycles. The first-order valence-electron chi connectivity index (χ1n) is 8.74. The number of aryl methyl sites for hydroxylation is 1. The third-order valence-electron chi connectivity index (χ3n) is 4.86. The molecule has 6 nitrogen and oxygen atoms in total. The van der Waals surface area contributed by atoms with Gasteiger partial charge < -0.3 is 10.1 Å². The molecule has 0 radical (unpaired) electrons. The summed E-state index contributed by atoms with van der Waals surface area (Å²) in [7, 11) is 0. The van der Waals surface area contributed by atoms with Gasteiger partial charge in [0, 0.05) is 0 Å². The van der Waals surface area contributed by atoms with E-state index in [4.69, 9.17) is 4.74 Å². The molecule has 0 saturated heterocycles. The number of hydrogen-bond acceptors (Lipinski definition) is 4. The van der Waals surface area contributed by atoms with E-state index < -0.39 is 11.8 Å². The molecule has 0 fully saturated rings. The predicted octanol–water partition coefficient (Wildman–Crippen LogP) is 4.15. The van der Waals surface area contributed by atoms with E-state index in [-0.39, 0.29) is 11.5 Å². The average Bonchev–Trinajstić information content (AvgIpc) is 2.86. The first-order valence-corrected chi connectivity index (χ1v) is 8.74. The number of ether oxygens (including phenoxy) is 1. The molecule has 1 N–H and O–H groups in total. The molecule has 2 aliphatic rings. The highest BCUT2D eigenvalue weighted by molar-refractivity contribution is 6.34. The highest BCUT2D eigenvalue weighted by Gasteiger charge is 2.37. The highest BCUT2D eigenvalue weighted by atomic mass is 16.5. The van der Waals surface area contributed by atoms with Crippen molar-refractivity contribution < 1.29 is 19.1 Å². The van der Waals surface area contributed by atoms with Gasteiger partial charge in [0.05, 0.1) is 28.1 Å². The predicted molar refractivity (Wildman–Crippen MR) is 103 cm³/mol. The molecule has 3 aromatic rings. The van der Waals surface area contributed by atoms with Gasteiger partial charge in [-0.25, -0.2) is 4.90 Å². The van der Waals surface area contributed by atoms with Crippen LogP contribution in [-0.4, -0.2) is 17.7 Å². The molecular formula is C22H14N2O4. The Hall–Kier alpha value is -3.93. The molecular weight excluding hydrogens is 356 g/mol. The SMILES string of the molecule is Cc1ccc2c(c1)NC(=O)c1cc(N3C(=O)c4ccccc4C3=O)ccc1O2. The molecule has 136 valence electrons. The molecule has 2 heterocycles. The van der Waals surface area contributed by atoms with Crippen molar-refractivity contribution in [1.29, 1.82) is 0 Å². The van der Waals surface area contributed by atoms with Crippen LogP contribution in [0, 0.1) is 6.92 Å². The highest BCUT2D eigenvalue weighted by Crippen LogP contribution is 2.38. The van der Waals surface area contributed by atoms with Crippen LogP contribution in [0.2, 0.25) is 0 Å². The van der Waals surface area contributed by atoms with E-state index in [2.05, 4.69) is 5.32 Å². The van der Waals surface area contributed by atoms with Crippen molar-refractivity contribution in [2.75, 3.05) is 10.2 Å². The first-order chi connectivity index (χ1) is 13.5. The second-order valence-corrected chi connectivity index (χ2v) is 6.73. The molecule has 0 aromatic heterocycles. The molecule has 3 aromatic carbocycles. The number of nitrogens with zero attached hydrogens (tertiary/aromatic N) is 1. The monoisotopic (exact) mass is 370 g/mol. The van der Waals surface area contributed by atoms with Crippen molar-refractivity contribution in [1.82, 2.24) is 0 Å². The number of amides is 3. The van der Waals surface area contributed by atoms with Crippen LogP contribution in [0.15, 0.2) is 60.7 Å². The number of fused-ring (bicyclic) bond motifs is 3. The zero-order valence-electron chi connectivity index (χ0n) is 14.9. The third-order valence-corrected chi connectivity index (χ3v) is 4.86. The summed E-state index contributed by atoms with van der Waals surface area (Å²) in [5.41, 5.74) is 2.84. The molecule has 0 unspecified atom stereocenters. The van der Waals surface area contributed by atoms with E-state index in [1.807, 2.05) is 19.1 Å². The smallest absolute Gasteiger partial charge is 0.266 e. The Morgan fingerprint density at radius 3 is 2.18 bits per heavy atom. The van der Waals surface area contributed by atoms with Gasteiger partial charge in [0.25, 0.3) is 17.7 Å². The number of benzene rings is 3. The van der Waals surface area contributed by atoms with Crippen molar-refractivity contribution in [3.63, 3.8) is 0 Å². The largest absolute Gasteiger partial charge is 0.454 e. The van der Waals surface area contributed by atoms with Crippen LogP contribution in [0.4, 0.5) is 11.4 Å². The van der Waals surface area contributed by atoms with Crippen LogP contribution in [0.5, 0.6) is 11.5 Å². The fourth-order valence-electron chi connectivity index (χ4n) is 3.49. The minimum Gasteiger partial charge on any atom is -0.454 e. The number of imide groups is 1. The maximum Gasteiger partial charge on any atom is 0.266 e. The summed E-state index contributed by atoms with van der Waals surface area (Å²) in [6.07, 6.45) is 0. The second kappa shape index (κ2) is 5.79. The number of carbonyl (C=O) groups is 3. The summed E-state index contributed by atoms with van der Waals surface area (Å²) in [6, 6.07) is 16.9. The quantitative estimate of drug-likeness (QED) is 0.653. The minimum atomic E-state index is -0.408. The van der Waals surface area contributed by atoms with E-state index in [9.17, 15) is 14.4 Å². The molecule has 5 rings (SSSR count). The summed E-state index contributed by atoms with van der Waals surface area (Å²) in [4.78, 5) is 39.3. The summed E-state index contributed by atoms with van der Waals surface area (Å²) >= 11 is 0. The number of nitrogens with one attached hydrogen (secondary N) is 1. The molecule has 0 saturated carbocycles. The minimum absolute atomic E-state index is 0.253. The molecule has 0 spiro atoms. The van der Waals surface area contributed by atoms with Gasteiger partial charge in [0.15, 0.2) is 5.75 Å². The lowest BCUT2D eigenvalue weighted by Crippen LogP contribution is -2.29. The van der Waals surface area contributed by atoms with Crippen molar-refractivity contribution >= 4 is 29.1 Å². The molecule has 28 heavy (non-hydrogen) atoms. The van der Waals surface area contributed by atoms with E-state index in [1.54, 1.807) is 42.5 Å². The average molecular weight is 370 g/mol. The van der Waals surface area contributed by atoms with Crippen molar-refractivity contribution in [2.45, 2.75) is 6.92 Å². The first kappa shape index (κ1) is 16.3. The van der Waals surface area contributed by atoms with Gasteiger partial charge >= 0.3 is 0 Å². The van der Waals surface area contributed by atoms with Gasteiger partial charge in [-0.15, -0.1) is 0 Å². The topological polar surface area (TPSA) is 75.7 Å². The Kier molecular flexibility index (Phi) is 3.36. The number of carbonyl (C=O) groups excluding carboxylic acids is 3. The molecule has 2 aliphatic heterocycles. The Bertz CT molecular complexity index is 1160. The van der Waals surface area contributed by atoms with Crippen LogP contribution in [0.3, 0.4) is 0 Å². The summed E-state index contributed by atoms with van der Waals surface area (Å²) < 4.78 is 5.89. The van der Waals surface area contributed by atoms with Crippen molar-refractivity contribution in [2.24, 2.45) is 0 Å². The molecule has 3 amide bonds. The van der Waals surface area contributed by atoms with E-state index in [0.29, 0.717) is 34.0 Å². The number of rotatable bonds is 1. The van der Waals surface area contributed by atoms with Crippen LogP contribution in [0.1, 0.15) is 36.6 Å². The lowest BCUT2D eigenvalue weighted by Gasteiger charge is -2.16. The molecule has 6 heteroatoms. The maximum atomic E-state index is 12.7.